The molecule has 116 valence electrons. The van der Waals surface area contributed by atoms with Gasteiger partial charge in [0.1, 0.15) is 0 Å². The minimum atomic E-state index is -0.562. The standard InChI is InChI=1S/C5H9NO2.C4H6O3.C3H7NO/c1-4(2)6-8-5(3)7;1-3(5)7-4(2)6;1-3(2)4-5/h1-3H3;1-2H3;5H,1-2H3. The quantitative estimate of drug-likeness (QED) is 0.197. The summed E-state index contributed by atoms with van der Waals surface area (Å²) in [6, 6.07) is 0. The zero-order valence-electron chi connectivity index (χ0n) is 12.9. The van der Waals surface area contributed by atoms with Gasteiger partial charge in [-0.25, -0.2) is 4.79 Å². The highest BCUT2D eigenvalue weighted by Crippen LogP contribution is 1.78. The molecule has 0 saturated heterocycles. The summed E-state index contributed by atoms with van der Waals surface area (Å²) >= 11 is 0. The molecule has 8 nitrogen and oxygen atoms in total. The number of esters is 2. The predicted molar refractivity (Wildman–Crippen MR) is 73.6 cm³/mol. The van der Waals surface area contributed by atoms with Crippen LogP contribution in [0.2, 0.25) is 0 Å². The Balaban J connectivity index is -0.000000223. The lowest BCUT2D eigenvalue weighted by Gasteiger charge is -1.88. The molecule has 1 N–H and O–H groups in total. The average Bonchev–Trinajstić information content (AvgIpc) is 2.26. The summed E-state index contributed by atoms with van der Waals surface area (Å²) in [5, 5.41) is 13.9. The van der Waals surface area contributed by atoms with Gasteiger partial charge in [0, 0.05) is 20.8 Å². The first-order chi connectivity index (χ1) is 9.02. The number of carbonyl (C=O) groups is 3. The predicted octanol–water partition coefficient (Wildman–Crippen LogP) is 1.90. The zero-order chi connectivity index (χ0) is 16.7. The monoisotopic (exact) mass is 290 g/mol. The van der Waals surface area contributed by atoms with Crippen molar-refractivity contribution in [3.63, 3.8) is 0 Å². The molecule has 0 saturated carbocycles. The van der Waals surface area contributed by atoms with Crippen molar-refractivity contribution >= 4 is 29.3 Å². The van der Waals surface area contributed by atoms with Gasteiger partial charge in [0.2, 0.25) is 0 Å². The maximum absolute atomic E-state index is 10.0. The number of oxime groups is 2. The van der Waals surface area contributed by atoms with Gasteiger partial charge < -0.3 is 14.8 Å². The molecule has 0 heterocycles. The van der Waals surface area contributed by atoms with E-state index in [0.717, 1.165) is 5.71 Å². The normalized spacial score (nSPS) is 7.55. The third kappa shape index (κ3) is 44.8. The first-order valence-corrected chi connectivity index (χ1v) is 5.55. The molecule has 0 aliphatic rings. The van der Waals surface area contributed by atoms with Crippen LogP contribution in [0.25, 0.3) is 0 Å². The van der Waals surface area contributed by atoms with Gasteiger partial charge in [0.05, 0.1) is 11.4 Å². The van der Waals surface area contributed by atoms with E-state index in [1.807, 2.05) is 0 Å². The SMILES string of the molecule is CC(=O)OC(C)=O.CC(=O)ON=C(C)C.CC(C)=NO. The Kier molecular flexibility index (Phi) is 16.9. The summed E-state index contributed by atoms with van der Waals surface area (Å²) in [5.41, 5.74) is 1.42. The average molecular weight is 290 g/mol. The summed E-state index contributed by atoms with van der Waals surface area (Å²) in [5.74, 6) is -1.51. The van der Waals surface area contributed by atoms with Gasteiger partial charge in [-0.05, 0) is 27.7 Å². The Labute approximate surface area is 118 Å². The Morgan fingerprint density at radius 2 is 1.10 bits per heavy atom. The molecule has 0 radical (unpaired) electrons. The molecular formula is C12H22N2O6. The molecule has 8 heteroatoms. The van der Waals surface area contributed by atoms with Gasteiger partial charge in [-0.2, -0.15) is 0 Å². The van der Waals surface area contributed by atoms with Crippen LogP contribution in [0, 0.1) is 0 Å². The smallest absolute Gasteiger partial charge is 0.331 e. The van der Waals surface area contributed by atoms with E-state index >= 15 is 0 Å². The molecule has 0 atom stereocenters. The molecule has 20 heavy (non-hydrogen) atoms. The molecule has 0 rings (SSSR count). The van der Waals surface area contributed by atoms with Crippen molar-refractivity contribution in [1.29, 1.82) is 0 Å². The van der Waals surface area contributed by atoms with Crippen LogP contribution in [0.1, 0.15) is 48.5 Å². The summed E-state index contributed by atoms with van der Waals surface area (Å²) in [6.07, 6.45) is 0. The summed E-state index contributed by atoms with van der Waals surface area (Å²) < 4.78 is 3.97. The van der Waals surface area contributed by atoms with Gasteiger partial charge in [-0.15, -0.1) is 0 Å². The molecule has 0 aromatic carbocycles. The number of ether oxygens (including phenoxy) is 1. The zero-order valence-corrected chi connectivity index (χ0v) is 12.9. The summed E-state index contributed by atoms with van der Waals surface area (Å²) in [6.45, 7) is 10.6. The third-order valence-electron chi connectivity index (χ3n) is 0.844. The molecule has 0 aromatic heterocycles. The van der Waals surface area contributed by atoms with E-state index in [1.165, 1.54) is 20.8 Å². The van der Waals surface area contributed by atoms with Crippen LogP contribution in [0.3, 0.4) is 0 Å². The van der Waals surface area contributed by atoms with Crippen molar-refractivity contribution < 1.29 is 29.2 Å². The van der Waals surface area contributed by atoms with Crippen LogP contribution in [-0.2, 0) is 24.0 Å². The number of hydrogen-bond acceptors (Lipinski definition) is 8. The van der Waals surface area contributed by atoms with Crippen molar-refractivity contribution in [3.05, 3.63) is 0 Å². The first kappa shape index (κ1) is 22.9. The lowest BCUT2D eigenvalue weighted by molar-refractivity contribution is -0.156. The van der Waals surface area contributed by atoms with Crippen LogP contribution in [0.15, 0.2) is 10.3 Å². The lowest BCUT2D eigenvalue weighted by atomic mass is 10.5. The van der Waals surface area contributed by atoms with Crippen molar-refractivity contribution in [2.45, 2.75) is 48.5 Å². The second-order valence-corrected chi connectivity index (χ2v) is 3.75. The number of carbonyl (C=O) groups excluding carboxylic acids is 3. The molecule has 0 aliphatic heterocycles. The number of rotatable bonds is 1. The largest absolute Gasteiger partial charge is 0.411 e. The molecule has 0 aromatic rings. The van der Waals surface area contributed by atoms with Gasteiger partial charge >= 0.3 is 17.9 Å². The van der Waals surface area contributed by atoms with E-state index in [-0.39, 0.29) is 5.97 Å². The van der Waals surface area contributed by atoms with Crippen molar-refractivity contribution in [3.8, 4) is 0 Å². The van der Waals surface area contributed by atoms with Crippen LogP contribution in [0.5, 0.6) is 0 Å². The first-order valence-electron chi connectivity index (χ1n) is 5.55. The van der Waals surface area contributed by atoms with E-state index in [9.17, 15) is 14.4 Å². The Morgan fingerprint density at radius 3 is 1.15 bits per heavy atom. The van der Waals surface area contributed by atoms with E-state index in [0.29, 0.717) is 5.71 Å². The molecule has 0 spiro atoms. The Morgan fingerprint density at radius 1 is 0.750 bits per heavy atom. The highest BCUT2D eigenvalue weighted by molar-refractivity contribution is 5.82. The van der Waals surface area contributed by atoms with Gasteiger partial charge in [-0.3, -0.25) is 9.59 Å². The topological polar surface area (TPSA) is 115 Å². The van der Waals surface area contributed by atoms with E-state index in [1.54, 1.807) is 27.7 Å². The van der Waals surface area contributed by atoms with Crippen molar-refractivity contribution in [1.82, 2.24) is 0 Å². The highest BCUT2D eigenvalue weighted by atomic mass is 16.7. The summed E-state index contributed by atoms with van der Waals surface area (Å²) in [4.78, 5) is 33.9. The second kappa shape index (κ2) is 14.8. The van der Waals surface area contributed by atoms with Gasteiger partial charge in [-0.1, -0.05) is 10.3 Å². The fourth-order valence-corrected chi connectivity index (χ4v) is 0.358. The van der Waals surface area contributed by atoms with Gasteiger partial charge in [0.15, 0.2) is 0 Å². The van der Waals surface area contributed by atoms with E-state index < -0.39 is 11.9 Å². The van der Waals surface area contributed by atoms with E-state index in [4.69, 9.17) is 5.21 Å². The number of nitrogens with zero attached hydrogens (tertiary/aromatic N) is 2. The van der Waals surface area contributed by atoms with E-state index in [2.05, 4.69) is 19.9 Å². The molecule has 0 amide bonds. The Bertz CT molecular complexity index is 354. The van der Waals surface area contributed by atoms with Crippen LogP contribution >= 0.6 is 0 Å². The van der Waals surface area contributed by atoms with Crippen LogP contribution in [-0.4, -0.2) is 34.5 Å². The van der Waals surface area contributed by atoms with Crippen LogP contribution in [0.4, 0.5) is 0 Å². The second-order valence-electron chi connectivity index (χ2n) is 3.75. The van der Waals surface area contributed by atoms with Crippen molar-refractivity contribution in [2.24, 2.45) is 10.3 Å². The Hall–Kier alpha value is -2.25. The summed E-state index contributed by atoms with van der Waals surface area (Å²) in [7, 11) is 0. The molecule has 0 unspecified atom stereocenters. The molecule has 0 aliphatic carbocycles. The minimum Gasteiger partial charge on any atom is -0.411 e. The maximum Gasteiger partial charge on any atom is 0.331 e. The lowest BCUT2D eigenvalue weighted by Crippen LogP contribution is -2.03. The van der Waals surface area contributed by atoms with Gasteiger partial charge in [0.25, 0.3) is 0 Å². The van der Waals surface area contributed by atoms with Crippen LogP contribution < -0.4 is 0 Å². The fourth-order valence-electron chi connectivity index (χ4n) is 0.358. The minimum absolute atomic E-state index is 0.383. The van der Waals surface area contributed by atoms with Crippen molar-refractivity contribution in [2.75, 3.05) is 0 Å². The third-order valence-corrected chi connectivity index (χ3v) is 0.844. The molecular weight excluding hydrogens is 268 g/mol. The molecule has 0 bridgehead atoms. The highest BCUT2D eigenvalue weighted by Gasteiger charge is 1.93. The maximum atomic E-state index is 10.0. The fraction of sp³-hybridized carbons (Fsp3) is 0.583. The molecule has 0 fully saturated rings. The number of hydrogen-bond donors (Lipinski definition) is 1.